The van der Waals surface area contributed by atoms with Crippen LogP contribution in [-0.2, 0) is 19.3 Å². The maximum Gasteiger partial charge on any atom is 0.526 e. The Morgan fingerprint density at radius 2 is 1.86 bits per heavy atom. The quantitative estimate of drug-likeness (QED) is 0.489. The average Bonchev–Trinajstić information content (AvgIpc) is 2.43. The Labute approximate surface area is 116 Å². The van der Waals surface area contributed by atoms with Crippen LogP contribution in [0.15, 0.2) is 36.7 Å². The molecular formula is C11H6F3NO5S. The fourth-order valence-electron chi connectivity index (χ4n) is 1.37. The number of nitrogens with zero attached hydrogens (tertiary/aromatic N) is 1. The highest BCUT2D eigenvalue weighted by Crippen LogP contribution is 2.25. The first-order chi connectivity index (χ1) is 9.71. The number of halogens is 3. The van der Waals surface area contributed by atoms with E-state index in [1.165, 1.54) is 30.6 Å². The van der Waals surface area contributed by atoms with Crippen molar-refractivity contribution in [2.75, 3.05) is 0 Å². The molecule has 0 radical (unpaired) electrons. The van der Waals surface area contributed by atoms with Crippen LogP contribution in [0, 0.1) is 0 Å². The van der Waals surface area contributed by atoms with Gasteiger partial charge in [-0.15, -0.1) is 0 Å². The minimum absolute atomic E-state index is 0.187. The van der Waals surface area contributed by atoms with E-state index in [4.69, 9.17) is 0 Å². The standard InChI is InChI=1S/C11H6F3NO5S/c12-11(13,14)21(17,18)20-19-10(16)8-2-1-7-3-4-15-6-9(7)5-8/h1-6H. The molecule has 0 aliphatic carbocycles. The molecule has 0 fully saturated rings. The van der Waals surface area contributed by atoms with E-state index < -0.39 is 21.6 Å². The van der Waals surface area contributed by atoms with Gasteiger partial charge < -0.3 is 0 Å². The Hall–Kier alpha value is -2.20. The summed E-state index contributed by atoms with van der Waals surface area (Å²) in [5.41, 5.74) is -5.87. The Kier molecular flexibility index (Phi) is 3.83. The van der Waals surface area contributed by atoms with Gasteiger partial charge in [0.05, 0.1) is 5.56 Å². The van der Waals surface area contributed by atoms with Crippen LogP contribution < -0.4 is 0 Å². The molecule has 0 amide bonds. The van der Waals surface area contributed by atoms with Crippen molar-refractivity contribution in [2.24, 2.45) is 0 Å². The predicted octanol–water partition coefficient (Wildman–Crippen LogP) is 2.17. The molecule has 2 aromatic rings. The molecule has 0 N–H and O–H groups in total. The molecule has 0 aliphatic heterocycles. The molecule has 21 heavy (non-hydrogen) atoms. The van der Waals surface area contributed by atoms with Crippen molar-refractivity contribution < 1.29 is 35.6 Å². The number of hydrogen-bond acceptors (Lipinski definition) is 6. The molecule has 0 aliphatic rings. The number of pyridine rings is 1. The lowest BCUT2D eigenvalue weighted by atomic mass is 10.1. The Morgan fingerprint density at radius 3 is 2.52 bits per heavy atom. The van der Waals surface area contributed by atoms with Crippen LogP contribution in [0.3, 0.4) is 0 Å². The van der Waals surface area contributed by atoms with E-state index in [-0.39, 0.29) is 5.56 Å². The Morgan fingerprint density at radius 1 is 1.14 bits per heavy atom. The van der Waals surface area contributed by atoms with E-state index in [9.17, 15) is 26.4 Å². The maximum atomic E-state index is 12.0. The summed E-state index contributed by atoms with van der Waals surface area (Å²) in [5.74, 6) is -1.38. The summed E-state index contributed by atoms with van der Waals surface area (Å²) in [4.78, 5) is 19.0. The molecule has 0 saturated heterocycles. The second-order valence-corrected chi connectivity index (χ2v) is 5.28. The molecule has 0 bridgehead atoms. The van der Waals surface area contributed by atoms with Gasteiger partial charge in [0, 0.05) is 17.8 Å². The van der Waals surface area contributed by atoms with Crippen LogP contribution in [-0.4, -0.2) is 24.9 Å². The third-order valence-corrected chi connectivity index (χ3v) is 3.17. The summed E-state index contributed by atoms with van der Waals surface area (Å²) in [6, 6.07) is 5.66. The summed E-state index contributed by atoms with van der Waals surface area (Å²) >= 11 is 0. The highest BCUT2D eigenvalue weighted by atomic mass is 32.2. The van der Waals surface area contributed by atoms with E-state index >= 15 is 0 Å². The van der Waals surface area contributed by atoms with Crippen molar-refractivity contribution in [2.45, 2.75) is 5.51 Å². The number of aromatic nitrogens is 1. The first-order valence-corrected chi connectivity index (χ1v) is 6.67. The maximum absolute atomic E-state index is 12.0. The minimum Gasteiger partial charge on any atom is -0.276 e. The molecule has 0 atom stereocenters. The molecule has 0 spiro atoms. The zero-order valence-corrected chi connectivity index (χ0v) is 10.8. The molecule has 10 heteroatoms. The fourth-order valence-corrected chi connectivity index (χ4v) is 1.60. The van der Waals surface area contributed by atoms with E-state index in [1.807, 2.05) is 0 Å². The zero-order chi connectivity index (χ0) is 15.7. The van der Waals surface area contributed by atoms with Gasteiger partial charge in [-0.3, -0.25) is 9.87 Å². The van der Waals surface area contributed by atoms with E-state index in [0.29, 0.717) is 5.39 Å². The number of carbonyl (C=O) groups excluding carboxylic acids is 1. The van der Waals surface area contributed by atoms with Gasteiger partial charge in [-0.1, -0.05) is 6.07 Å². The van der Waals surface area contributed by atoms with Crippen molar-refractivity contribution in [1.82, 2.24) is 4.98 Å². The van der Waals surface area contributed by atoms with Crippen LogP contribution in [0.2, 0.25) is 0 Å². The molecular weight excluding hydrogens is 315 g/mol. The second kappa shape index (κ2) is 5.30. The highest BCUT2D eigenvalue weighted by Gasteiger charge is 2.49. The van der Waals surface area contributed by atoms with Gasteiger partial charge >= 0.3 is 21.6 Å². The highest BCUT2D eigenvalue weighted by molar-refractivity contribution is 7.87. The molecule has 1 aromatic carbocycles. The van der Waals surface area contributed by atoms with Gasteiger partial charge in [-0.05, 0) is 27.9 Å². The zero-order valence-electron chi connectivity index (χ0n) is 9.99. The fraction of sp³-hybridized carbons (Fsp3) is 0.0909. The molecule has 0 unspecified atom stereocenters. The van der Waals surface area contributed by atoms with E-state index in [0.717, 1.165) is 5.39 Å². The number of carbonyl (C=O) groups is 1. The summed E-state index contributed by atoms with van der Waals surface area (Å²) in [6.07, 6.45) is 2.93. The molecule has 1 heterocycles. The van der Waals surface area contributed by atoms with Gasteiger partial charge in [0.1, 0.15) is 0 Å². The third kappa shape index (κ3) is 3.28. The summed E-state index contributed by atoms with van der Waals surface area (Å²) in [7, 11) is -6.00. The van der Waals surface area contributed by atoms with Gasteiger partial charge in [0.15, 0.2) is 0 Å². The molecule has 0 saturated carbocycles. The van der Waals surface area contributed by atoms with Crippen LogP contribution in [0.25, 0.3) is 10.8 Å². The van der Waals surface area contributed by atoms with Crippen molar-refractivity contribution >= 4 is 26.9 Å². The smallest absolute Gasteiger partial charge is 0.276 e. The van der Waals surface area contributed by atoms with Gasteiger partial charge in [-0.2, -0.15) is 21.6 Å². The lowest BCUT2D eigenvalue weighted by Gasteiger charge is -2.07. The lowest BCUT2D eigenvalue weighted by Crippen LogP contribution is -2.26. The molecule has 1 aromatic heterocycles. The SMILES string of the molecule is O=C(OOS(=O)(=O)C(F)(F)F)c1ccc2ccncc2c1. The topological polar surface area (TPSA) is 82.6 Å². The predicted molar refractivity (Wildman–Crippen MR) is 63.2 cm³/mol. The van der Waals surface area contributed by atoms with Crippen LogP contribution in [0.4, 0.5) is 13.2 Å². The first-order valence-electron chi connectivity index (χ1n) is 5.26. The Bertz CT molecular complexity index is 788. The van der Waals surface area contributed by atoms with Gasteiger partial charge in [0.2, 0.25) is 0 Å². The normalized spacial score (nSPS) is 12.3. The number of rotatable bonds is 3. The number of benzene rings is 1. The first kappa shape index (κ1) is 15.2. The van der Waals surface area contributed by atoms with Crippen molar-refractivity contribution in [1.29, 1.82) is 0 Å². The van der Waals surface area contributed by atoms with E-state index in [2.05, 4.69) is 14.2 Å². The van der Waals surface area contributed by atoms with Crippen molar-refractivity contribution in [3.63, 3.8) is 0 Å². The monoisotopic (exact) mass is 321 g/mol. The molecule has 112 valence electrons. The minimum atomic E-state index is -6.00. The number of fused-ring (bicyclic) bond motifs is 1. The number of alkyl halides is 3. The number of hydrogen-bond donors (Lipinski definition) is 0. The summed E-state index contributed by atoms with van der Waals surface area (Å²) in [5, 5.41) is 1.25. The van der Waals surface area contributed by atoms with Crippen molar-refractivity contribution in [3.8, 4) is 0 Å². The largest absolute Gasteiger partial charge is 0.526 e. The van der Waals surface area contributed by atoms with Crippen LogP contribution >= 0.6 is 0 Å². The lowest BCUT2D eigenvalue weighted by molar-refractivity contribution is -0.163. The Balaban J connectivity index is 2.16. The van der Waals surface area contributed by atoms with Crippen LogP contribution in [0.5, 0.6) is 0 Å². The third-order valence-electron chi connectivity index (χ3n) is 2.36. The summed E-state index contributed by atoms with van der Waals surface area (Å²) in [6.45, 7) is 0. The average molecular weight is 321 g/mol. The van der Waals surface area contributed by atoms with Crippen LogP contribution in [0.1, 0.15) is 10.4 Å². The molecule has 6 nitrogen and oxygen atoms in total. The second-order valence-electron chi connectivity index (χ2n) is 3.78. The van der Waals surface area contributed by atoms with Gasteiger partial charge in [-0.25, -0.2) is 4.79 Å². The van der Waals surface area contributed by atoms with Gasteiger partial charge in [0.25, 0.3) is 0 Å². The van der Waals surface area contributed by atoms with Crippen molar-refractivity contribution in [3.05, 3.63) is 42.2 Å². The molecule has 2 rings (SSSR count). The summed E-state index contributed by atoms with van der Waals surface area (Å²) < 4.78 is 60.3. The van der Waals surface area contributed by atoms with E-state index in [1.54, 1.807) is 6.07 Å².